The van der Waals surface area contributed by atoms with Crippen molar-refractivity contribution in [1.29, 1.82) is 0 Å². The largest absolute Gasteiger partial charge is 0.420 e. The molecule has 0 amide bonds. The summed E-state index contributed by atoms with van der Waals surface area (Å²) in [7, 11) is 1.83. The van der Waals surface area contributed by atoms with Crippen LogP contribution in [0.15, 0.2) is 56.1 Å². The molecule has 1 N–H and O–H groups in total. The van der Waals surface area contributed by atoms with Crippen LogP contribution in [0.2, 0.25) is 0 Å². The number of anilines is 1. The summed E-state index contributed by atoms with van der Waals surface area (Å²) in [5.41, 5.74) is 3.29. The van der Waals surface area contributed by atoms with Gasteiger partial charge in [0, 0.05) is 11.5 Å². The number of para-hydroxylation sites is 1. The third-order valence-electron chi connectivity index (χ3n) is 3.24. The van der Waals surface area contributed by atoms with E-state index < -0.39 is 0 Å². The smallest absolute Gasteiger partial charge is 0.408 e. The van der Waals surface area contributed by atoms with Crippen LogP contribution < -0.4 is 11.1 Å². The number of nitrogens with one attached hydrogen (secondary N) is 1. The maximum atomic E-state index is 12.1. The highest BCUT2D eigenvalue weighted by molar-refractivity contribution is 9.10. The number of aromatic nitrogens is 1. The van der Waals surface area contributed by atoms with Crippen LogP contribution in [0, 0.1) is 0 Å². The van der Waals surface area contributed by atoms with E-state index in [-0.39, 0.29) is 5.76 Å². The van der Waals surface area contributed by atoms with Crippen molar-refractivity contribution in [3.8, 4) is 0 Å². The van der Waals surface area contributed by atoms with Gasteiger partial charge in [-0.3, -0.25) is 4.57 Å². The van der Waals surface area contributed by atoms with Gasteiger partial charge in [0.2, 0.25) is 0 Å². The van der Waals surface area contributed by atoms with Gasteiger partial charge < -0.3 is 9.73 Å². The molecule has 0 aliphatic carbocycles. The predicted octanol–water partition coefficient (Wildman–Crippen LogP) is 3.45. The third-order valence-corrected chi connectivity index (χ3v) is 4.02. The summed E-state index contributed by atoms with van der Waals surface area (Å²) < 4.78 is 7.92. The van der Waals surface area contributed by atoms with Gasteiger partial charge in [0.25, 0.3) is 0 Å². The molecule has 0 fully saturated rings. The second-order valence-corrected chi connectivity index (χ2v) is 5.30. The van der Waals surface area contributed by atoms with E-state index in [9.17, 15) is 4.79 Å². The minimum atomic E-state index is -0.349. The summed E-state index contributed by atoms with van der Waals surface area (Å²) in [6.07, 6.45) is 0. The Morgan fingerprint density at radius 3 is 2.75 bits per heavy atom. The lowest BCUT2D eigenvalue weighted by molar-refractivity contribution is 0.517. The Balaban J connectivity index is 2.19. The lowest BCUT2D eigenvalue weighted by atomic mass is 10.2. The van der Waals surface area contributed by atoms with Crippen LogP contribution in [0.1, 0.15) is 5.56 Å². The number of fused-ring (bicyclic) bond motifs is 1. The number of rotatable bonds is 3. The molecule has 0 saturated carbocycles. The molecule has 3 aromatic rings. The molecule has 0 atom stereocenters. The molecule has 20 heavy (non-hydrogen) atoms. The summed E-state index contributed by atoms with van der Waals surface area (Å²) in [5, 5.41) is 3.09. The fourth-order valence-electron chi connectivity index (χ4n) is 2.27. The zero-order valence-electron chi connectivity index (χ0n) is 10.9. The van der Waals surface area contributed by atoms with E-state index in [0.717, 1.165) is 21.2 Å². The third kappa shape index (κ3) is 2.14. The molecule has 5 heteroatoms. The minimum Gasteiger partial charge on any atom is -0.408 e. The van der Waals surface area contributed by atoms with Crippen LogP contribution in [0.25, 0.3) is 11.1 Å². The van der Waals surface area contributed by atoms with Crippen molar-refractivity contribution in [3.05, 3.63) is 63.1 Å². The SMILES string of the molecule is CNc1cccc2oc(=O)n(Cc3ccccc3Br)c12. The first-order valence-electron chi connectivity index (χ1n) is 6.24. The Labute approximate surface area is 124 Å². The molecule has 1 heterocycles. The summed E-state index contributed by atoms with van der Waals surface area (Å²) >= 11 is 3.50. The van der Waals surface area contributed by atoms with Crippen LogP contribution >= 0.6 is 15.9 Å². The van der Waals surface area contributed by atoms with E-state index in [1.165, 1.54) is 0 Å². The molecule has 102 valence electrons. The van der Waals surface area contributed by atoms with E-state index in [1.807, 2.05) is 43.4 Å². The van der Waals surface area contributed by atoms with Crippen molar-refractivity contribution in [2.75, 3.05) is 12.4 Å². The van der Waals surface area contributed by atoms with Crippen molar-refractivity contribution in [2.45, 2.75) is 6.54 Å². The average Bonchev–Trinajstić information content (AvgIpc) is 2.77. The van der Waals surface area contributed by atoms with Crippen LogP contribution in [0.4, 0.5) is 5.69 Å². The van der Waals surface area contributed by atoms with Crippen molar-refractivity contribution < 1.29 is 4.42 Å². The van der Waals surface area contributed by atoms with Crippen molar-refractivity contribution in [2.24, 2.45) is 0 Å². The standard InChI is InChI=1S/C15H13BrN2O2/c1-17-12-7-4-8-13-14(12)18(15(19)20-13)9-10-5-2-3-6-11(10)16/h2-8,17H,9H2,1H3. The average molecular weight is 333 g/mol. The lowest BCUT2D eigenvalue weighted by Crippen LogP contribution is -2.15. The maximum absolute atomic E-state index is 12.1. The molecule has 0 unspecified atom stereocenters. The molecule has 0 spiro atoms. The fraction of sp³-hybridized carbons (Fsp3) is 0.133. The van der Waals surface area contributed by atoms with Gasteiger partial charge in [-0.15, -0.1) is 0 Å². The topological polar surface area (TPSA) is 47.2 Å². The van der Waals surface area contributed by atoms with Crippen LogP contribution in [-0.4, -0.2) is 11.6 Å². The molecule has 0 bridgehead atoms. The summed E-state index contributed by atoms with van der Waals surface area (Å²) in [4.78, 5) is 12.1. The molecule has 3 rings (SSSR count). The van der Waals surface area contributed by atoms with E-state index in [2.05, 4.69) is 21.2 Å². The normalized spacial score (nSPS) is 10.9. The van der Waals surface area contributed by atoms with Crippen molar-refractivity contribution >= 4 is 32.7 Å². The first-order chi connectivity index (χ1) is 9.70. The number of hydrogen-bond acceptors (Lipinski definition) is 3. The Bertz CT molecular complexity index is 820. The second-order valence-electron chi connectivity index (χ2n) is 4.45. The van der Waals surface area contributed by atoms with Crippen LogP contribution in [0.5, 0.6) is 0 Å². The predicted molar refractivity (Wildman–Crippen MR) is 83.3 cm³/mol. The van der Waals surface area contributed by atoms with Crippen LogP contribution in [-0.2, 0) is 6.54 Å². The molecule has 4 nitrogen and oxygen atoms in total. The molecular formula is C15H13BrN2O2. The number of halogens is 1. The van der Waals surface area contributed by atoms with Crippen LogP contribution in [0.3, 0.4) is 0 Å². The molecule has 0 saturated heterocycles. The van der Waals surface area contributed by atoms with Gasteiger partial charge >= 0.3 is 5.76 Å². The van der Waals surface area contributed by atoms with Gasteiger partial charge in [0.15, 0.2) is 5.58 Å². The summed E-state index contributed by atoms with van der Waals surface area (Å²) in [5.74, 6) is -0.349. The lowest BCUT2D eigenvalue weighted by Gasteiger charge is -2.08. The number of oxazole rings is 1. The molecule has 2 aromatic carbocycles. The number of hydrogen-bond donors (Lipinski definition) is 1. The van der Waals surface area contributed by atoms with Gasteiger partial charge in [-0.25, -0.2) is 4.79 Å². The molecule has 0 aliphatic rings. The summed E-state index contributed by atoms with van der Waals surface area (Å²) in [6, 6.07) is 13.4. The van der Waals surface area contributed by atoms with E-state index in [4.69, 9.17) is 4.42 Å². The zero-order chi connectivity index (χ0) is 14.1. The Hall–Kier alpha value is -2.01. The molecule has 1 aromatic heterocycles. The number of nitrogens with zero attached hydrogens (tertiary/aromatic N) is 1. The monoisotopic (exact) mass is 332 g/mol. The van der Waals surface area contributed by atoms with Gasteiger partial charge in [0.05, 0.1) is 12.2 Å². The van der Waals surface area contributed by atoms with E-state index in [0.29, 0.717) is 12.1 Å². The number of benzene rings is 2. The van der Waals surface area contributed by atoms with Gasteiger partial charge in [-0.05, 0) is 23.8 Å². The molecule has 0 aliphatic heterocycles. The highest BCUT2D eigenvalue weighted by atomic mass is 79.9. The molecular weight excluding hydrogens is 320 g/mol. The second kappa shape index (κ2) is 5.17. The Morgan fingerprint density at radius 2 is 2.00 bits per heavy atom. The van der Waals surface area contributed by atoms with Gasteiger partial charge in [-0.1, -0.05) is 40.2 Å². The Morgan fingerprint density at radius 1 is 1.20 bits per heavy atom. The van der Waals surface area contributed by atoms with Gasteiger partial charge in [-0.2, -0.15) is 0 Å². The first kappa shape index (κ1) is 13.0. The van der Waals surface area contributed by atoms with Crippen molar-refractivity contribution in [3.63, 3.8) is 0 Å². The zero-order valence-corrected chi connectivity index (χ0v) is 12.5. The van der Waals surface area contributed by atoms with Crippen molar-refractivity contribution in [1.82, 2.24) is 4.57 Å². The highest BCUT2D eigenvalue weighted by Gasteiger charge is 2.13. The fourth-order valence-corrected chi connectivity index (χ4v) is 2.68. The van der Waals surface area contributed by atoms with E-state index in [1.54, 1.807) is 10.6 Å². The molecule has 0 radical (unpaired) electrons. The van der Waals surface area contributed by atoms with Gasteiger partial charge in [0.1, 0.15) is 5.52 Å². The highest BCUT2D eigenvalue weighted by Crippen LogP contribution is 2.24. The quantitative estimate of drug-likeness (QED) is 0.799. The minimum absolute atomic E-state index is 0.349. The van der Waals surface area contributed by atoms with E-state index >= 15 is 0 Å². The maximum Gasteiger partial charge on any atom is 0.420 e. The summed E-state index contributed by atoms with van der Waals surface area (Å²) in [6.45, 7) is 0.464. The first-order valence-corrected chi connectivity index (χ1v) is 7.03. The Kier molecular flexibility index (Phi) is 3.36.